The Kier molecular flexibility index (Phi) is 3.17. The summed E-state index contributed by atoms with van der Waals surface area (Å²) in [6, 6.07) is 7.11. The van der Waals surface area contributed by atoms with Crippen LogP contribution in [0.2, 0.25) is 5.02 Å². The quantitative estimate of drug-likeness (QED) is 0.630. The molecule has 72 valence electrons. The van der Waals surface area contributed by atoms with Gasteiger partial charge in [0.15, 0.2) is 0 Å². The molecule has 2 nitrogen and oxygen atoms in total. The average molecular weight is 199 g/mol. The minimum absolute atomic E-state index is 0.250. The zero-order valence-electron chi connectivity index (χ0n) is 7.76. The molecular weight excluding hydrogens is 184 g/mol. The molecule has 2 rings (SSSR count). The smallest absolute Gasteiger partial charge is 0.0426 e. The van der Waals surface area contributed by atoms with Crippen molar-refractivity contribution < 1.29 is 0 Å². The summed E-state index contributed by atoms with van der Waals surface area (Å²) in [5.74, 6) is 0. The molecule has 0 saturated heterocycles. The number of nitrogen functional groups attached to an aromatic ring is 1. The number of hydrogen-bond donors (Lipinski definition) is 2. The second-order valence-corrected chi connectivity index (χ2v) is 4.15. The van der Waals surface area contributed by atoms with E-state index in [0.717, 1.165) is 0 Å². The Morgan fingerprint density at radius 2 is 1.92 bits per heavy atom. The first-order valence-electron chi connectivity index (χ1n) is 4.29. The van der Waals surface area contributed by atoms with Crippen LogP contribution in [-0.2, 0) is 0 Å². The number of anilines is 1. The fraction of sp³-hybridized carbons (Fsp3) is 0.400. The van der Waals surface area contributed by atoms with Crippen molar-refractivity contribution in [3.63, 3.8) is 0 Å². The predicted molar refractivity (Wildman–Crippen MR) is 57.7 cm³/mol. The first-order chi connectivity index (χ1) is 5.99. The van der Waals surface area contributed by atoms with E-state index in [-0.39, 0.29) is 5.54 Å². The molecule has 0 aliphatic heterocycles. The van der Waals surface area contributed by atoms with Crippen LogP contribution in [0.1, 0.15) is 19.8 Å². The van der Waals surface area contributed by atoms with Gasteiger partial charge in [-0.2, -0.15) is 0 Å². The van der Waals surface area contributed by atoms with Gasteiger partial charge in [-0.05, 0) is 38.0 Å². The Labute approximate surface area is 83.9 Å². The number of hydrogen-bond acceptors (Lipinski definition) is 2. The minimum atomic E-state index is 0.250. The summed E-state index contributed by atoms with van der Waals surface area (Å²) in [6.07, 6.45) is 2.46. The van der Waals surface area contributed by atoms with Gasteiger partial charge < -0.3 is 11.5 Å². The second kappa shape index (κ2) is 3.99. The van der Waals surface area contributed by atoms with E-state index in [4.69, 9.17) is 23.1 Å². The van der Waals surface area contributed by atoms with Crippen LogP contribution in [0, 0.1) is 0 Å². The van der Waals surface area contributed by atoms with Crippen LogP contribution < -0.4 is 11.5 Å². The Morgan fingerprint density at radius 1 is 1.38 bits per heavy atom. The Balaban J connectivity index is 0.000000145. The predicted octanol–water partition coefficient (Wildman–Crippen LogP) is 2.42. The highest BCUT2D eigenvalue weighted by atomic mass is 35.5. The Morgan fingerprint density at radius 3 is 2.15 bits per heavy atom. The van der Waals surface area contributed by atoms with E-state index in [9.17, 15) is 0 Å². The van der Waals surface area contributed by atoms with Gasteiger partial charge in [0, 0.05) is 16.2 Å². The average Bonchev–Trinajstić information content (AvgIpc) is 2.66. The number of rotatable bonds is 0. The third kappa shape index (κ3) is 4.76. The molecule has 3 heteroatoms. The van der Waals surface area contributed by atoms with Gasteiger partial charge in [-0.1, -0.05) is 17.7 Å². The van der Waals surface area contributed by atoms with Crippen LogP contribution >= 0.6 is 11.6 Å². The van der Waals surface area contributed by atoms with E-state index in [2.05, 4.69) is 6.92 Å². The highest BCUT2D eigenvalue weighted by Gasteiger charge is 2.31. The van der Waals surface area contributed by atoms with Crippen molar-refractivity contribution in [2.24, 2.45) is 5.73 Å². The lowest BCUT2D eigenvalue weighted by Crippen LogP contribution is -2.14. The van der Waals surface area contributed by atoms with Gasteiger partial charge >= 0.3 is 0 Å². The van der Waals surface area contributed by atoms with Crippen molar-refractivity contribution in [1.82, 2.24) is 0 Å². The molecule has 0 amide bonds. The summed E-state index contributed by atoms with van der Waals surface area (Å²) in [6.45, 7) is 2.08. The van der Waals surface area contributed by atoms with Gasteiger partial charge in [0.1, 0.15) is 0 Å². The standard InChI is InChI=1S/C6H6ClN.C4H9N/c7-5-2-1-3-6(8)4-5;1-4(5)2-3-4/h1-4H,8H2;2-3,5H2,1H3. The molecule has 1 aliphatic rings. The van der Waals surface area contributed by atoms with Crippen LogP contribution in [0.15, 0.2) is 24.3 Å². The van der Waals surface area contributed by atoms with Gasteiger partial charge in [0.25, 0.3) is 0 Å². The van der Waals surface area contributed by atoms with Crippen molar-refractivity contribution >= 4 is 17.3 Å². The maximum absolute atomic E-state index is 5.56. The summed E-state index contributed by atoms with van der Waals surface area (Å²) in [7, 11) is 0. The summed E-state index contributed by atoms with van der Waals surface area (Å²) < 4.78 is 0. The first-order valence-corrected chi connectivity index (χ1v) is 4.67. The monoisotopic (exact) mass is 198 g/mol. The van der Waals surface area contributed by atoms with Crippen LogP contribution in [0.4, 0.5) is 5.69 Å². The SMILES string of the molecule is CC1(N)CC1.Nc1cccc(Cl)c1. The van der Waals surface area contributed by atoms with Crippen LogP contribution in [0.5, 0.6) is 0 Å². The molecule has 0 atom stereocenters. The Hall–Kier alpha value is -0.730. The van der Waals surface area contributed by atoms with E-state index in [1.54, 1.807) is 18.2 Å². The maximum Gasteiger partial charge on any atom is 0.0426 e. The fourth-order valence-corrected chi connectivity index (χ4v) is 0.902. The third-order valence-corrected chi connectivity index (χ3v) is 2.12. The maximum atomic E-state index is 5.56. The number of benzene rings is 1. The molecule has 1 aliphatic carbocycles. The molecule has 1 aromatic rings. The van der Waals surface area contributed by atoms with Crippen LogP contribution in [0.25, 0.3) is 0 Å². The summed E-state index contributed by atoms with van der Waals surface area (Å²) in [5.41, 5.74) is 11.8. The zero-order chi connectivity index (χ0) is 9.90. The topological polar surface area (TPSA) is 52.0 Å². The van der Waals surface area contributed by atoms with Crippen LogP contribution in [-0.4, -0.2) is 5.54 Å². The molecule has 0 spiro atoms. The molecular formula is C10H15ClN2. The minimum Gasteiger partial charge on any atom is -0.399 e. The van der Waals surface area contributed by atoms with E-state index in [1.165, 1.54) is 12.8 Å². The third-order valence-electron chi connectivity index (χ3n) is 1.89. The lowest BCUT2D eigenvalue weighted by molar-refractivity contribution is 0.762. The molecule has 1 aromatic carbocycles. The van der Waals surface area contributed by atoms with Gasteiger partial charge in [-0.25, -0.2) is 0 Å². The lowest BCUT2D eigenvalue weighted by atomic mass is 10.3. The largest absolute Gasteiger partial charge is 0.399 e. The van der Waals surface area contributed by atoms with Crippen molar-refractivity contribution in [3.05, 3.63) is 29.3 Å². The summed E-state index contributed by atoms with van der Waals surface area (Å²) in [4.78, 5) is 0. The molecule has 13 heavy (non-hydrogen) atoms. The lowest BCUT2D eigenvalue weighted by Gasteiger charge is -1.89. The van der Waals surface area contributed by atoms with Crippen molar-refractivity contribution in [1.29, 1.82) is 0 Å². The van der Waals surface area contributed by atoms with Gasteiger partial charge in [0.05, 0.1) is 0 Å². The molecule has 0 unspecified atom stereocenters. The zero-order valence-corrected chi connectivity index (χ0v) is 8.51. The van der Waals surface area contributed by atoms with Crippen molar-refractivity contribution in [2.45, 2.75) is 25.3 Å². The molecule has 0 heterocycles. The molecule has 0 bridgehead atoms. The summed E-state index contributed by atoms with van der Waals surface area (Å²) >= 11 is 5.56. The Bertz CT molecular complexity index is 261. The second-order valence-electron chi connectivity index (χ2n) is 3.71. The molecule has 4 N–H and O–H groups in total. The van der Waals surface area contributed by atoms with Crippen LogP contribution in [0.3, 0.4) is 0 Å². The molecule has 1 saturated carbocycles. The number of nitrogens with two attached hydrogens (primary N) is 2. The van der Waals surface area contributed by atoms with Gasteiger partial charge in [-0.3, -0.25) is 0 Å². The first kappa shape index (κ1) is 10.4. The number of halogens is 1. The van der Waals surface area contributed by atoms with E-state index >= 15 is 0 Å². The van der Waals surface area contributed by atoms with Crippen molar-refractivity contribution in [3.8, 4) is 0 Å². The highest BCUT2D eigenvalue weighted by molar-refractivity contribution is 6.30. The normalized spacial score (nSPS) is 17.2. The molecule has 0 radical (unpaired) electrons. The fourth-order valence-electron chi connectivity index (χ4n) is 0.704. The summed E-state index contributed by atoms with van der Waals surface area (Å²) in [5, 5.41) is 0.685. The van der Waals surface area contributed by atoms with E-state index < -0.39 is 0 Å². The highest BCUT2D eigenvalue weighted by Crippen LogP contribution is 2.30. The van der Waals surface area contributed by atoms with Crippen molar-refractivity contribution in [2.75, 3.05) is 5.73 Å². The van der Waals surface area contributed by atoms with Gasteiger partial charge in [0.2, 0.25) is 0 Å². The van der Waals surface area contributed by atoms with E-state index in [1.807, 2.05) is 6.07 Å². The molecule has 0 aromatic heterocycles. The van der Waals surface area contributed by atoms with Gasteiger partial charge in [-0.15, -0.1) is 0 Å². The molecule has 1 fully saturated rings. The van der Waals surface area contributed by atoms with E-state index in [0.29, 0.717) is 10.7 Å².